The highest BCUT2D eigenvalue weighted by Crippen LogP contribution is 2.35. The van der Waals surface area contributed by atoms with Crippen LogP contribution in [0.3, 0.4) is 0 Å². The second-order valence-electron chi connectivity index (χ2n) is 8.86. The van der Waals surface area contributed by atoms with Gasteiger partial charge in [-0.3, -0.25) is 9.36 Å². The number of likely N-dealkylation sites (N-methyl/N-ethyl adjacent to an activating group) is 1. The lowest BCUT2D eigenvalue weighted by Gasteiger charge is -2.34. The summed E-state index contributed by atoms with van der Waals surface area (Å²) in [6.45, 7) is 7.76. The fourth-order valence-electron chi connectivity index (χ4n) is 4.34. The number of imidazole rings is 1. The van der Waals surface area contributed by atoms with Gasteiger partial charge in [-0.15, -0.1) is 4.91 Å². The monoisotopic (exact) mass is 435 g/mol. The number of aldehydes is 1. The molecule has 4 rings (SSSR count). The van der Waals surface area contributed by atoms with Gasteiger partial charge in [0.05, 0.1) is 16.4 Å². The maximum Gasteiger partial charge on any atom is 0.201 e. The van der Waals surface area contributed by atoms with E-state index >= 15 is 0 Å². The lowest BCUT2D eigenvalue weighted by molar-refractivity contribution is 0.0477. The van der Waals surface area contributed by atoms with E-state index in [1.165, 1.54) is 7.11 Å². The average Bonchev–Trinajstić information content (AvgIpc) is 3.20. The lowest BCUT2D eigenvalue weighted by Crippen LogP contribution is -2.44. The van der Waals surface area contributed by atoms with E-state index in [9.17, 15) is 9.70 Å². The van der Waals surface area contributed by atoms with Crippen LogP contribution in [0.15, 0.2) is 47.6 Å². The number of hydrogen-bond donors (Lipinski definition) is 0. The van der Waals surface area contributed by atoms with Crippen molar-refractivity contribution in [1.29, 1.82) is 0 Å². The highest BCUT2D eigenvalue weighted by molar-refractivity contribution is 5.86. The Hall–Kier alpha value is -3.10. The van der Waals surface area contributed by atoms with Crippen LogP contribution in [0.25, 0.3) is 16.7 Å². The number of piperazine rings is 1. The smallest absolute Gasteiger partial charge is 0.201 e. The Morgan fingerprint density at radius 2 is 1.81 bits per heavy atom. The van der Waals surface area contributed by atoms with E-state index in [2.05, 4.69) is 34.2 Å². The zero-order chi connectivity index (χ0) is 22.9. The molecule has 0 N–H and O–H groups in total. The maximum atomic E-state index is 11.5. The Bertz CT molecular complexity index is 1130. The van der Waals surface area contributed by atoms with Crippen LogP contribution in [0.1, 0.15) is 30.0 Å². The number of nitroso groups, excluding NO2 is 1. The second kappa shape index (κ2) is 8.80. The first-order chi connectivity index (χ1) is 15.4. The fourth-order valence-corrected chi connectivity index (χ4v) is 4.34. The van der Waals surface area contributed by atoms with Gasteiger partial charge in [0.1, 0.15) is 12.1 Å². The van der Waals surface area contributed by atoms with Gasteiger partial charge in [-0.05, 0) is 62.5 Å². The van der Waals surface area contributed by atoms with Crippen molar-refractivity contribution in [2.24, 2.45) is 5.18 Å². The normalized spacial score (nSPS) is 16.3. The molecule has 0 aliphatic carbocycles. The number of methoxy groups -OCH3 is 1. The number of benzene rings is 2. The Labute approximate surface area is 187 Å². The van der Waals surface area contributed by atoms with Crippen molar-refractivity contribution in [3.05, 3.63) is 58.8 Å². The molecule has 0 bridgehead atoms. The summed E-state index contributed by atoms with van der Waals surface area (Å²) in [7, 11) is 3.61. The van der Waals surface area contributed by atoms with Crippen LogP contribution in [0, 0.1) is 4.91 Å². The number of carbonyl (C=O) groups is 1. The molecule has 1 fully saturated rings. The number of fused-ring (bicyclic) bond motifs is 1. The van der Waals surface area contributed by atoms with Crippen LogP contribution in [0.5, 0.6) is 0 Å². The van der Waals surface area contributed by atoms with E-state index in [1.54, 1.807) is 12.1 Å². The third-order valence-electron chi connectivity index (χ3n) is 6.28. The summed E-state index contributed by atoms with van der Waals surface area (Å²) < 4.78 is 7.42. The lowest BCUT2D eigenvalue weighted by atomic mass is 9.90. The van der Waals surface area contributed by atoms with Crippen molar-refractivity contribution in [2.75, 3.05) is 45.2 Å². The largest absolute Gasteiger partial charge is 0.369 e. The number of ether oxygens (including phenoxy) is 1. The fraction of sp³-hybridized carbons (Fsp3) is 0.417. The Morgan fingerprint density at radius 1 is 1.09 bits per heavy atom. The zero-order valence-corrected chi connectivity index (χ0v) is 19.0. The van der Waals surface area contributed by atoms with Crippen molar-refractivity contribution in [2.45, 2.75) is 25.5 Å². The molecule has 1 aliphatic rings. The third kappa shape index (κ3) is 3.91. The summed E-state index contributed by atoms with van der Waals surface area (Å²) in [4.78, 5) is 32.4. The highest BCUT2D eigenvalue weighted by atomic mass is 16.5. The van der Waals surface area contributed by atoms with Crippen LogP contribution < -0.4 is 4.90 Å². The van der Waals surface area contributed by atoms with E-state index < -0.39 is 11.6 Å². The first kappa shape index (κ1) is 22.1. The van der Waals surface area contributed by atoms with Crippen molar-refractivity contribution < 1.29 is 9.53 Å². The minimum Gasteiger partial charge on any atom is -0.369 e. The predicted octanol–water partition coefficient (Wildman–Crippen LogP) is 3.61. The van der Waals surface area contributed by atoms with Gasteiger partial charge in [-0.25, -0.2) is 4.98 Å². The van der Waals surface area contributed by atoms with Crippen LogP contribution >= 0.6 is 0 Å². The maximum absolute atomic E-state index is 11.5. The van der Waals surface area contributed by atoms with Gasteiger partial charge < -0.3 is 14.5 Å². The van der Waals surface area contributed by atoms with Gasteiger partial charge in [0.15, 0.2) is 0 Å². The Balaban J connectivity index is 1.88. The van der Waals surface area contributed by atoms with E-state index in [4.69, 9.17) is 9.72 Å². The molecule has 2 aromatic carbocycles. The summed E-state index contributed by atoms with van der Waals surface area (Å²) in [5.74, 6) is 0.650. The minimum absolute atomic E-state index is 0.550. The first-order valence-electron chi connectivity index (χ1n) is 10.8. The molecular weight excluding hydrogens is 406 g/mol. The van der Waals surface area contributed by atoms with Gasteiger partial charge >= 0.3 is 0 Å². The third-order valence-corrected chi connectivity index (χ3v) is 6.28. The summed E-state index contributed by atoms with van der Waals surface area (Å²) in [5.41, 5.74) is 3.36. The molecule has 0 amide bonds. The number of aromatic nitrogens is 2. The molecule has 0 spiro atoms. The summed E-state index contributed by atoms with van der Waals surface area (Å²) in [6, 6.07) is 13.8. The molecule has 8 heteroatoms. The molecule has 8 nitrogen and oxygen atoms in total. The molecule has 2 heterocycles. The summed E-state index contributed by atoms with van der Waals surface area (Å²) >= 11 is 0. The Kier molecular flexibility index (Phi) is 6.08. The van der Waals surface area contributed by atoms with E-state index in [1.807, 2.05) is 36.6 Å². The van der Waals surface area contributed by atoms with Crippen molar-refractivity contribution >= 4 is 23.0 Å². The molecule has 0 saturated carbocycles. The molecule has 1 saturated heterocycles. The van der Waals surface area contributed by atoms with Crippen LogP contribution in [0.2, 0.25) is 0 Å². The summed E-state index contributed by atoms with van der Waals surface area (Å²) in [5, 5.41) is 3.20. The summed E-state index contributed by atoms with van der Waals surface area (Å²) in [6.07, 6.45) is -0.105. The van der Waals surface area contributed by atoms with Gasteiger partial charge in [-0.1, -0.05) is 6.07 Å². The Morgan fingerprint density at radius 3 is 2.47 bits per heavy atom. The van der Waals surface area contributed by atoms with Crippen molar-refractivity contribution in [1.82, 2.24) is 14.5 Å². The quantitative estimate of drug-likeness (QED) is 0.417. The molecule has 0 radical (unpaired) electrons. The molecule has 3 aromatic rings. The molecule has 1 aromatic heterocycles. The minimum atomic E-state index is -0.913. The van der Waals surface area contributed by atoms with Crippen LogP contribution in [-0.2, 0) is 10.2 Å². The van der Waals surface area contributed by atoms with Crippen LogP contribution in [-0.4, -0.2) is 67.3 Å². The second-order valence-corrected chi connectivity index (χ2v) is 8.86. The van der Waals surface area contributed by atoms with Crippen molar-refractivity contribution in [3.63, 3.8) is 0 Å². The number of anilines is 1. The SMILES string of the molecule is COC(N=O)C(C)(C)c1nc2cc(C=O)ccc2n1-c1cccc(N2CCN(C)CC2)c1. The van der Waals surface area contributed by atoms with Crippen LogP contribution in [0.4, 0.5) is 5.69 Å². The molecule has 1 atom stereocenters. The molecular formula is C24H29N5O3. The van der Waals surface area contributed by atoms with Gasteiger partial charge in [0, 0.05) is 50.2 Å². The highest BCUT2D eigenvalue weighted by Gasteiger charge is 2.38. The van der Waals surface area contributed by atoms with E-state index in [0.29, 0.717) is 16.9 Å². The standard InChI is InChI=1S/C24H29N5O3/c1-24(2,23(26-31)32-4)22-25-20-14-17(16-30)8-9-21(20)29(22)19-7-5-6-18(15-19)28-12-10-27(3)11-13-28/h5-9,14-16,23H,10-13H2,1-4H3. The van der Waals surface area contributed by atoms with Gasteiger partial charge in [-0.2, -0.15) is 0 Å². The molecule has 32 heavy (non-hydrogen) atoms. The number of carbonyl (C=O) groups excluding carboxylic acids is 1. The van der Waals surface area contributed by atoms with E-state index in [0.717, 1.165) is 49.4 Å². The molecule has 168 valence electrons. The number of hydrogen-bond acceptors (Lipinski definition) is 7. The predicted molar refractivity (Wildman–Crippen MR) is 126 cm³/mol. The number of nitrogens with zero attached hydrogens (tertiary/aromatic N) is 5. The van der Waals surface area contributed by atoms with E-state index in [-0.39, 0.29) is 0 Å². The average molecular weight is 436 g/mol. The molecule has 1 unspecified atom stereocenters. The zero-order valence-electron chi connectivity index (χ0n) is 19.0. The van der Waals surface area contributed by atoms with Gasteiger partial charge in [0.25, 0.3) is 0 Å². The first-order valence-corrected chi connectivity index (χ1v) is 10.8. The van der Waals surface area contributed by atoms with Crippen molar-refractivity contribution in [3.8, 4) is 5.69 Å². The topological polar surface area (TPSA) is 80.0 Å². The van der Waals surface area contributed by atoms with Gasteiger partial charge in [0.2, 0.25) is 6.23 Å². The number of rotatable bonds is 7. The molecule has 1 aliphatic heterocycles.